The number of ether oxygens (including phenoxy) is 2. The Hall–Kier alpha value is -3.13. The van der Waals surface area contributed by atoms with E-state index in [-0.39, 0.29) is 36.2 Å². The van der Waals surface area contributed by atoms with Crippen LogP contribution in [-0.4, -0.2) is 28.8 Å². The van der Waals surface area contributed by atoms with Gasteiger partial charge >= 0.3 is 0 Å². The van der Waals surface area contributed by atoms with Crippen molar-refractivity contribution >= 4 is 35.7 Å². The Morgan fingerprint density at radius 3 is 2.64 bits per heavy atom. The molecule has 3 heterocycles. The van der Waals surface area contributed by atoms with Crippen LogP contribution in [0.25, 0.3) is 16.6 Å². The van der Waals surface area contributed by atoms with Gasteiger partial charge in [0.05, 0.1) is 17.4 Å². The molecule has 9 heteroatoms. The first-order chi connectivity index (χ1) is 16.6. The highest BCUT2D eigenvalue weighted by Crippen LogP contribution is 2.30. The van der Waals surface area contributed by atoms with Crippen molar-refractivity contribution in [3.8, 4) is 17.2 Å². The fourth-order valence-electron chi connectivity index (χ4n) is 4.86. The van der Waals surface area contributed by atoms with Crippen LogP contribution in [0, 0.1) is 5.82 Å². The third-order valence-electron chi connectivity index (χ3n) is 6.59. The van der Waals surface area contributed by atoms with Gasteiger partial charge in [0.2, 0.25) is 0 Å². The second kappa shape index (κ2) is 10.9. The third kappa shape index (κ3) is 5.05. The maximum Gasteiger partial charge on any atom is 0.255 e. The largest absolute Gasteiger partial charge is 0.486 e. The van der Waals surface area contributed by atoms with Crippen LogP contribution in [0.5, 0.6) is 11.5 Å². The predicted molar refractivity (Wildman–Crippen MR) is 142 cm³/mol. The van der Waals surface area contributed by atoms with Crippen molar-refractivity contribution < 1.29 is 13.9 Å². The molecule has 4 aromatic rings. The van der Waals surface area contributed by atoms with Crippen molar-refractivity contribution in [2.45, 2.75) is 31.8 Å². The summed E-state index contributed by atoms with van der Waals surface area (Å²) in [6.45, 7) is 1.78. The first-order valence-electron chi connectivity index (χ1n) is 11.6. The zero-order chi connectivity index (χ0) is 23.1. The smallest absolute Gasteiger partial charge is 0.255 e. The zero-order valence-corrected chi connectivity index (χ0v) is 21.0. The van der Waals surface area contributed by atoms with Gasteiger partial charge in [-0.05, 0) is 72.2 Å². The molecule has 6 nitrogen and oxygen atoms in total. The minimum atomic E-state index is -0.355. The number of aryl methyl sites for hydroxylation is 1. The van der Waals surface area contributed by atoms with E-state index < -0.39 is 0 Å². The van der Waals surface area contributed by atoms with Crippen molar-refractivity contribution in [1.82, 2.24) is 14.9 Å². The minimum Gasteiger partial charge on any atom is -0.486 e. The first-order valence-corrected chi connectivity index (χ1v) is 11.6. The minimum absolute atomic E-state index is 0. The summed E-state index contributed by atoms with van der Waals surface area (Å²) in [6.07, 6.45) is 4.52. The third-order valence-corrected chi connectivity index (χ3v) is 6.59. The Bertz CT molecular complexity index is 1460. The number of nitrogens with zero attached hydrogens (tertiary/aromatic N) is 2. The van der Waals surface area contributed by atoms with Crippen LogP contribution >= 0.6 is 24.8 Å². The maximum atomic E-state index is 13.9. The lowest BCUT2D eigenvalue weighted by atomic mass is 9.88. The average molecular weight is 530 g/mol. The molecule has 2 aromatic heterocycles. The molecule has 1 aliphatic heterocycles. The Kier molecular flexibility index (Phi) is 7.83. The fourth-order valence-corrected chi connectivity index (χ4v) is 4.86. The Morgan fingerprint density at radius 1 is 0.972 bits per heavy atom. The highest BCUT2D eigenvalue weighted by Gasteiger charge is 2.20. The normalized spacial score (nSPS) is 16.0. The van der Waals surface area contributed by atoms with Gasteiger partial charge in [-0.15, -0.1) is 24.8 Å². The SMILES string of the molecule is Cl.Cl.O=c1ccc2ccc(F)cc2n1-c1ccc2c(c1)CC[C@@H](NCc1cc3c(cn1)OCCO3)C2. The summed E-state index contributed by atoms with van der Waals surface area (Å²) in [5, 5.41) is 4.45. The molecule has 0 bridgehead atoms. The average Bonchev–Trinajstić information content (AvgIpc) is 2.87. The number of aromatic nitrogens is 2. The molecule has 2 aliphatic rings. The molecule has 1 atom stereocenters. The van der Waals surface area contributed by atoms with E-state index in [4.69, 9.17) is 9.47 Å². The Balaban J connectivity index is 0.00000152. The Morgan fingerprint density at radius 2 is 1.78 bits per heavy atom. The van der Waals surface area contributed by atoms with E-state index in [1.807, 2.05) is 12.1 Å². The van der Waals surface area contributed by atoms with Crippen LogP contribution in [0.3, 0.4) is 0 Å². The monoisotopic (exact) mass is 529 g/mol. The molecular weight excluding hydrogens is 504 g/mol. The number of benzene rings is 2. The zero-order valence-electron chi connectivity index (χ0n) is 19.4. The molecule has 0 unspecified atom stereocenters. The molecule has 0 saturated heterocycles. The van der Waals surface area contributed by atoms with Gasteiger partial charge in [0.1, 0.15) is 19.0 Å². The van der Waals surface area contributed by atoms with E-state index in [1.165, 1.54) is 29.3 Å². The molecule has 2 aromatic carbocycles. The van der Waals surface area contributed by atoms with Crippen LogP contribution in [0.2, 0.25) is 0 Å². The van der Waals surface area contributed by atoms with Crippen LogP contribution < -0.4 is 20.3 Å². The van der Waals surface area contributed by atoms with Gasteiger partial charge in [0, 0.05) is 30.4 Å². The lowest BCUT2D eigenvalue weighted by Gasteiger charge is -2.26. The van der Waals surface area contributed by atoms with E-state index in [1.54, 1.807) is 22.9 Å². The summed E-state index contributed by atoms with van der Waals surface area (Å²) < 4.78 is 26.7. The Labute approximate surface area is 220 Å². The topological polar surface area (TPSA) is 65.4 Å². The number of hydrogen-bond donors (Lipinski definition) is 1. The quantitative estimate of drug-likeness (QED) is 0.411. The molecule has 0 spiro atoms. The molecule has 1 N–H and O–H groups in total. The van der Waals surface area contributed by atoms with Gasteiger partial charge in [-0.3, -0.25) is 14.3 Å². The highest BCUT2D eigenvalue weighted by molar-refractivity contribution is 5.85. The standard InChI is InChI=1S/C27H24FN3O3.2ClH/c28-20-5-1-17-4-8-27(32)31(24(17)13-20)23-7-3-18-11-21(6-2-19(18)12-23)29-15-22-14-25-26(16-30-22)34-10-9-33-25;;/h1,3-5,7-8,12-14,16,21,29H,2,6,9-11,15H2;2*1H/t21-;;/m1../s1. The van der Waals surface area contributed by atoms with Crippen LogP contribution in [0.4, 0.5) is 4.39 Å². The summed E-state index contributed by atoms with van der Waals surface area (Å²) in [6, 6.07) is 16.2. The van der Waals surface area contributed by atoms with Crippen molar-refractivity contribution in [3.63, 3.8) is 0 Å². The van der Waals surface area contributed by atoms with Crippen molar-refractivity contribution in [3.05, 3.63) is 93.8 Å². The summed E-state index contributed by atoms with van der Waals surface area (Å²) >= 11 is 0. The number of hydrogen-bond acceptors (Lipinski definition) is 5. The van der Waals surface area contributed by atoms with E-state index in [9.17, 15) is 9.18 Å². The highest BCUT2D eigenvalue weighted by atomic mass is 35.5. The molecule has 0 radical (unpaired) electrons. The number of nitrogens with one attached hydrogen (secondary N) is 1. The second-order valence-electron chi connectivity index (χ2n) is 8.80. The van der Waals surface area contributed by atoms with Gasteiger partial charge in [0.15, 0.2) is 11.5 Å². The molecule has 0 amide bonds. The summed E-state index contributed by atoms with van der Waals surface area (Å²) in [7, 11) is 0. The second-order valence-corrected chi connectivity index (χ2v) is 8.80. The molecule has 0 fully saturated rings. The van der Waals surface area contributed by atoms with E-state index in [0.717, 1.165) is 41.8 Å². The van der Waals surface area contributed by atoms with Crippen molar-refractivity contribution in [1.29, 1.82) is 0 Å². The van der Waals surface area contributed by atoms with Gasteiger partial charge in [-0.25, -0.2) is 4.39 Å². The lowest BCUT2D eigenvalue weighted by Crippen LogP contribution is -2.34. The summed E-state index contributed by atoms with van der Waals surface area (Å²) in [4.78, 5) is 17.2. The van der Waals surface area contributed by atoms with Crippen molar-refractivity contribution in [2.75, 3.05) is 13.2 Å². The maximum absolute atomic E-state index is 13.9. The molecule has 36 heavy (non-hydrogen) atoms. The van der Waals surface area contributed by atoms with E-state index in [0.29, 0.717) is 37.1 Å². The predicted octanol–water partition coefficient (Wildman–Crippen LogP) is 4.79. The van der Waals surface area contributed by atoms with Gasteiger partial charge in [-0.1, -0.05) is 6.07 Å². The molecule has 0 saturated carbocycles. The molecule has 6 rings (SSSR count). The van der Waals surface area contributed by atoms with Crippen LogP contribution in [0.1, 0.15) is 23.2 Å². The first kappa shape index (κ1) is 25.9. The van der Waals surface area contributed by atoms with Gasteiger partial charge in [-0.2, -0.15) is 0 Å². The van der Waals surface area contributed by atoms with E-state index in [2.05, 4.69) is 22.4 Å². The van der Waals surface area contributed by atoms with E-state index >= 15 is 0 Å². The molecule has 1 aliphatic carbocycles. The fraction of sp³-hybridized carbons (Fsp3) is 0.259. The van der Waals surface area contributed by atoms with Gasteiger partial charge < -0.3 is 14.8 Å². The van der Waals surface area contributed by atoms with Crippen LogP contribution in [0.15, 0.2) is 65.6 Å². The van der Waals surface area contributed by atoms with Crippen LogP contribution in [-0.2, 0) is 19.4 Å². The number of halogens is 3. The molecule has 188 valence electrons. The summed E-state index contributed by atoms with van der Waals surface area (Å²) in [5.74, 6) is 1.10. The number of rotatable bonds is 4. The van der Waals surface area contributed by atoms with Crippen molar-refractivity contribution in [2.24, 2.45) is 0 Å². The van der Waals surface area contributed by atoms with Gasteiger partial charge in [0.25, 0.3) is 5.56 Å². The summed E-state index contributed by atoms with van der Waals surface area (Å²) in [5.41, 5.74) is 4.60. The lowest BCUT2D eigenvalue weighted by molar-refractivity contribution is 0.170. The number of pyridine rings is 2. The number of fused-ring (bicyclic) bond motifs is 3. The molecular formula is C27H26Cl2FN3O3.